The van der Waals surface area contributed by atoms with Gasteiger partial charge in [0.05, 0.1) is 7.11 Å². The second kappa shape index (κ2) is 11.8. The standard InChI is InChI=1S/C21H27N3O2.2ClH/c1-26-20-7-5-17(6-8-20)15-24-11-9-16(10-12-24)14-23-21(25)18-3-2-4-19(22)13-18;;/h2-8,13,16H,9-12,14-15,22H2,1H3,(H,23,25);2*1H. The van der Waals surface area contributed by atoms with E-state index >= 15 is 0 Å². The van der Waals surface area contributed by atoms with Crippen molar-refractivity contribution < 1.29 is 9.53 Å². The van der Waals surface area contributed by atoms with Gasteiger partial charge in [0, 0.05) is 24.3 Å². The second-order valence-electron chi connectivity index (χ2n) is 6.90. The lowest BCUT2D eigenvalue weighted by molar-refractivity contribution is 0.0935. The highest BCUT2D eigenvalue weighted by Gasteiger charge is 2.20. The molecule has 0 radical (unpaired) electrons. The quantitative estimate of drug-likeness (QED) is 0.691. The molecule has 1 heterocycles. The average molecular weight is 426 g/mol. The Balaban J connectivity index is 0.00000196. The van der Waals surface area contributed by atoms with Crippen LogP contribution in [0.25, 0.3) is 0 Å². The van der Waals surface area contributed by atoms with E-state index in [0.717, 1.165) is 44.8 Å². The molecule has 3 N–H and O–H groups in total. The van der Waals surface area contributed by atoms with Gasteiger partial charge in [-0.25, -0.2) is 0 Å². The fraction of sp³-hybridized carbons (Fsp3) is 0.381. The summed E-state index contributed by atoms with van der Waals surface area (Å²) in [6, 6.07) is 15.4. The third-order valence-corrected chi connectivity index (χ3v) is 4.97. The van der Waals surface area contributed by atoms with Crippen molar-refractivity contribution in [3.05, 3.63) is 59.7 Å². The van der Waals surface area contributed by atoms with Crippen molar-refractivity contribution in [1.29, 1.82) is 0 Å². The lowest BCUT2D eigenvalue weighted by atomic mass is 9.96. The number of piperidine rings is 1. The molecule has 0 aliphatic carbocycles. The maximum Gasteiger partial charge on any atom is 0.251 e. The maximum atomic E-state index is 12.2. The Labute approximate surface area is 179 Å². The summed E-state index contributed by atoms with van der Waals surface area (Å²) in [4.78, 5) is 14.7. The predicted molar refractivity (Wildman–Crippen MR) is 119 cm³/mol. The summed E-state index contributed by atoms with van der Waals surface area (Å²) in [5.41, 5.74) is 8.28. The highest BCUT2D eigenvalue weighted by atomic mass is 35.5. The fourth-order valence-corrected chi connectivity index (χ4v) is 3.36. The van der Waals surface area contributed by atoms with Gasteiger partial charge in [-0.3, -0.25) is 9.69 Å². The number of amides is 1. The fourth-order valence-electron chi connectivity index (χ4n) is 3.36. The van der Waals surface area contributed by atoms with Crippen LogP contribution in [-0.4, -0.2) is 37.6 Å². The highest BCUT2D eigenvalue weighted by Crippen LogP contribution is 2.20. The molecular weight excluding hydrogens is 397 g/mol. The van der Waals surface area contributed by atoms with E-state index in [0.29, 0.717) is 17.2 Å². The van der Waals surface area contributed by atoms with Gasteiger partial charge in [0.2, 0.25) is 0 Å². The van der Waals surface area contributed by atoms with Crippen molar-refractivity contribution in [1.82, 2.24) is 10.2 Å². The van der Waals surface area contributed by atoms with Crippen LogP contribution in [0.3, 0.4) is 0 Å². The molecule has 1 aliphatic rings. The van der Waals surface area contributed by atoms with E-state index in [2.05, 4.69) is 22.3 Å². The summed E-state index contributed by atoms with van der Waals surface area (Å²) in [5, 5.41) is 3.05. The predicted octanol–water partition coefficient (Wildman–Crippen LogP) is 3.76. The Morgan fingerprint density at radius 1 is 1.14 bits per heavy atom. The first-order chi connectivity index (χ1) is 12.6. The zero-order valence-electron chi connectivity index (χ0n) is 16.1. The van der Waals surface area contributed by atoms with E-state index < -0.39 is 0 Å². The van der Waals surface area contributed by atoms with Crippen molar-refractivity contribution >= 4 is 36.4 Å². The first-order valence-corrected chi connectivity index (χ1v) is 9.13. The lowest BCUT2D eigenvalue weighted by Gasteiger charge is -2.32. The molecule has 2 aromatic carbocycles. The van der Waals surface area contributed by atoms with Crippen molar-refractivity contribution in [2.75, 3.05) is 32.5 Å². The largest absolute Gasteiger partial charge is 0.497 e. The van der Waals surface area contributed by atoms with Crippen LogP contribution in [0.2, 0.25) is 0 Å². The molecule has 0 aromatic heterocycles. The summed E-state index contributed by atoms with van der Waals surface area (Å²) in [6.45, 7) is 3.81. The Kier molecular flexibility index (Phi) is 10.1. The van der Waals surface area contributed by atoms with E-state index in [1.165, 1.54) is 5.56 Å². The third-order valence-electron chi connectivity index (χ3n) is 4.97. The number of carbonyl (C=O) groups excluding carboxylic acids is 1. The number of nitrogens with zero attached hydrogens (tertiary/aromatic N) is 1. The molecule has 0 spiro atoms. The average Bonchev–Trinajstić information content (AvgIpc) is 2.68. The normalized spacial score (nSPS) is 14.5. The number of ether oxygens (including phenoxy) is 1. The number of benzene rings is 2. The van der Waals surface area contributed by atoms with Crippen LogP contribution in [0.1, 0.15) is 28.8 Å². The minimum atomic E-state index is -0.0436. The minimum Gasteiger partial charge on any atom is -0.497 e. The lowest BCUT2D eigenvalue weighted by Crippen LogP contribution is -2.38. The molecule has 1 aliphatic heterocycles. The molecule has 3 rings (SSSR count). The highest BCUT2D eigenvalue weighted by molar-refractivity contribution is 5.94. The number of hydrogen-bond donors (Lipinski definition) is 2. The Hall–Kier alpha value is -1.95. The van der Waals surface area contributed by atoms with Gasteiger partial charge >= 0.3 is 0 Å². The van der Waals surface area contributed by atoms with Gasteiger partial charge in [0.15, 0.2) is 0 Å². The molecular formula is C21H29Cl2N3O2. The van der Waals surface area contributed by atoms with Gasteiger partial charge in [-0.1, -0.05) is 18.2 Å². The number of nitrogen functional groups attached to an aromatic ring is 1. The number of nitrogens with two attached hydrogens (primary N) is 1. The van der Waals surface area contributed by atoms with Gasteiger partial charge in [-0.05, 0) is 67.7 Å². The number of likely N-dealkylation sites (tertiary alicyclic amines) is 1. The van der Waals surface area contributed by atoms with Crippen LogP contribution in [0.4, 0.5) is 5.69 Å². The molecule has 7 heteroatoms. The van der Waals surface area contributed by atoms with Gasteiger partial charge in [0.25, 0.3) is 5.91 Å². The number of methoxy groups -OCH3 is 1. The molecule has 154 valence electrons. The number of rotatable bonds is 6. The zero-order chi connectivity index (χ0) is 18.4. The molecule has 2 aromatic rings. The summed E-state index contributed by atoms with van der Waals surface area (Å²) in [5.74, 6) is 1.38. The van der Waals surface area contributed by atoms with Crippen LogP contribution in [0.15, 0.2) is 48.5 Å². The van der Waals surface area contributed by atoms with Crippen LogP contribution >= 0.6 is 24.8 Å². The van der Waals surface area contributed by atoms with Crippen LogP contribution in [0, 0.1) is 5.92 Å². The zero-order valence-corrected chi connectivity index (χ0v) is 17.7. The van der Waals surface area contributed by atoms with Gasteiger partial charge in [0.1, 0.15) is 5.75 Å². The molecule has 0 saturated carbocycles. The summed E-state index contributed by atoms with van der Waals surface area (Å²) in [7, 11) is 1.69. The molecule has 28 heavy (non-hydrogen) atoms. The van der Waals surface area contributed by atoms with E-state index in [1.54, 1.807) is 25.3 Å². The van der Waals surface area contributed by atoms with Gasteiger partial charge < -0.3 is 15.8 Å². The van der Waals surface area contributed by atoms with E-state index in [1.807, 2.05) is 18.2 Å². The van der Waals surface area contributed by atoms with E-state index in [-0.39, 0.29) is 30.7 Å². The van der Waals surface area contributed by atoms with E-state index in [9.17, 15) is 4.79 Å². The smallest absolute Gasteiger partial charge is 0.251 e. The van der Waals surface area contributed by atoms with Crippen LogP contribution in [-0.2, 0) is 6.54 Å². The molecule has 1 fully saturated rings. The van der Waals surface area contributed by atoms with Crippen molar-refractivity contribution in [3.63, 3.8) is 0 Å². The van der Waals surface area contributed by atoms with Crippen LogP contribution in [0.5, 0.6) is 5.75 Å². The molecule has 0 unspecified atom stereocenters. The summed E-state index contributed by atoms with van der Waals surface area (Å²) >= 11 is 0. The SMILES string of the molecule is COc1ccc(CN2CCC(CNC(=O)c3cccc(N)c3)CC2)cc1.Cl.Cl. The molecule has 0 bridgehead atoms. The van der Waals surface area contributed by atoms with Crippen molar-refractivity contribution in [3.8, 4) is 5.75 Å². The number of hydrogen-bond acceptors (Lipinski definition) is 4. The molecule has 1 saturated heterocycles. The van der Waals surface area contributed by atoms with Crippen LogP contribution < -0.4 is 15.8 Å². The first-order valence-electron chi connectivity index (χ1n) is 9.13. The molecule has 0 atom stereocenters. The Morgan fingerprint density at radius 3 is 2.43 bits per heavy atom. The summed E-state index contributed by atoms with van der Waals surface area (Å²) < 4.78 is 5.20. The van der Waals surface area contributed by atoms with Crippen molar-refractivity contribution in [2.24, 2.45) is 5.92 Å². The minimum absolute atomic E-state index is 0. The first kappa shape index (κ1) is 24.1. The Bertz CT molecular complexity index is 733. The van der Waals surface area contributed by atoms with Crippen molar-refractivity contribution in [2.45, 2.75) is 19.4 Å². The van der Waals surface area contributed by atoms with Gasteiger partial charge in [-0.2, -0.15) is 0 Å². The van der Waals surface area contributed by atoms with E-state index in [4.69, 9.17) is 10.5 Å². The number of anilines is 1. The number of halogens is 2. The Morgan fingerprint density at radius 2 is 1.82 bits per heavy atom. The summed E-state index contributed by atoms with van der Waals surface area (Å²) in [6.07, 6.45) is 2.21. The molecule has 1 amide bonds. The number of carbonyl (C=O) groups is 1. The second-order valence-corrected chi connectivity index (χ2v) is 6.90. The maximum absolute atomic E-state index is 12.2. The number of nitrogens with one attached hydrogen (secondary N) is 1. The topological polar surface area (TPSA) is 67.6 Å². The third kappa shape index (κ3) is 6.89. The molecule has 5 nitrogen and oxygen atoms in total. The monoisotopic (exact) mass is 425 g/mol. The van der Waals surface area contributed by atoms with Gasteiger partial charge in [-0.15, -0.1) is 24.8 Å².